The van der Waals surface area contributed by atoms with E-state index in [-0.39, 0.29) is 31.8 Å². The summed E-state index contributed by atoms with van der Waals surface area (Å²) < 4.78 is 5.28. The molecule has 40 heavy (non-hydrogen) atoms. The third-order valence-electron chi connectivity index (χ3n) is 6.33. The number of aliphatic imine (C=N–C) groups is 1. The van der Waals surface area contributed by atoms with Gasteiger partial charge in [0.1, 0.15) is 11.8 Å². The zero-order valence-electron chi connectivity index (χ0n) is 22.8. The summed E-state index contributed by atoms with van der Waals surface area (Å²) in [4.78, 5) is 46.0. The number of rotatable bonds is 14. The van der Waals surface area contributed by atoms with Crippen molar-refractivity contribution in [2.45, 2.75) is 38.1 Å². The number of carbonyl (C=O) groups excluding carboxylic acids is 3. The van der Waals surface area contributed by atoms with Crippen molar-refractivity contribution in [2.75, 3.05) is 20.2 Å². The molecule has 0 radical (unpaired) electrons. The van der Waals surface area contributed by atoms with E-state index in [1.807, 2.05) is 84.9 Å². The number of benzene rings is 3. The zero-order valence-corrected chi connectivity index (χ0v) is 22.8. The van der Waals surface area contributed by atoms with Crippen LogP contribution in [0.25, 0.3) is 0 Å². The predicted molar refractivity (Wildman–Crippen MR) is 156 cm³/mol. The average molecular weight is 544 g/mol. The van der Waals surface area contributed by atoms with Crippen LogP contribution < -0.4 is 21.5 Å². The van der Waals surface area contributed by atoms with Crippen LogP contribution in [0.1, 0.15) is 29.5 Å². The van der Waals surface area contributed by atoms with Gasteiger partial charge in [-0.3, -0.25) is 24.3 Å². The summed E-state index contributed by atoms with van der Waals surface area (Å²) >= 11 is 0. The average Bonchev–Trinajstić information content (AvgIpc) is 2.95. The fourth-order valence-electron chi connectivity index (χ4n) is 4.34. The third-order valence-corrected chi connectivity index (χ3v) is 6.33. The summed E-state index contributed by atoms with van der Waals surface area (Å²) in [5.41, 5.74) is 13.4. The molecule has 0 saturated carbocycles. The van der Waals surface area contributed by atoms with Crippen LogP contribution in [0.15, 0.2) is 89.9 Å². The van der Waals surface area contributed by atoms with Gasteiger partial charge in [-0.1, -0.05) is 72.8 Å². The Kier molecular flexibility index (Phi) is 11.7. The molecular formula is C31H37N5O4. The Morgan fingerprint density at radius 3 is 1.98 bits per heavy atom. The van der Waals surface area contributed by atoms with Crippen molar-refractivity contribution >= 4 is 23.7 Å². The summed E-state index contributed by atoms with van der Waals surface area (Å²) in [7, 11) is 1.60. The molecule has 0 aliphatic carbocycles. The van der Waals surface area contributed by atoms with Crippen LogP contribution in [0.5, 0.6) is 5.75 Å². The molecule has 0 fully saturated rings. The Morgan fingerprint density at radius 1 is 0.850 bits per heavy atom. The topological polar surface area (TPSA) is 140 Å². The Bertz CT molecular complexity index is 1220. The maximum absolute atomic E-state index is 13.6. The first-order chi connectivity index (χ1) is 19.4. The molecule has 0 aromatic heterocycles. The monoisotopic (exact) mass is 543 g/mol. The molecular weight excluding hydrogens is 506 g/mol. The van der Waals surface area contributed by atoms with E-state index in [1.54, 1.807) is 7.11 Å². The summed E-state index contributed by atoms with van der Waals surface area (Å²) in [5.74, 6) is -0.624. The molecule has 3 rings (SSSR count). The van der Waals surface area contributed by atoms with Crippen LogP contribution in [0, 0.1) is 0 Å². The van der Waals surface area contributed by atoms with Crippen LogP contribution in [0.4, 0.5) is 0 Å². The fourth-order valence-corrected chi connectivity index (χ4v) is 4.34. The predicted octanol–water partition coefficient (Wildman–Crippen LogP) is 2.62. The molecule has 0 bridgehead atoms. The van der Waals surface area contributed by atoms with Gasteiger partial charge in [0.25, 0.3) is 0 Å². The molecule has 0 saturated heterocycles. The third kappa shape index (κ3) is 9.58. The lowest BCUT2D eigenvalue weighted by Gasteiger charge is -2.30. The Labute approximate surface area is 235 Å². The van der Waals surface area contributed by atoms with Gasteiger partial charge in [0.2, 0.25) is 17.7 Å². The van der Waals surface area contributed by atoms with Gasteiger partial charge in [-0.2, -0.15) is 0 Å². The number of hydrogen-bond donors (Lipinski definition) is 3. The van der Waals surface area contributed by atoms with Crippen molar-refractivity contribution in [2.24, 2.45) is 16.5 Å². The quantitative estimate of drug-likeness (QED) is 0.162. The summed E-state index contributed by atoms with van der Waals surface area (Å²) in [6.07, 6.45) is 1.15. The molecule has 0 heterocycles. The first-order valence-electron chi connectivity index (χ1n) is 13.3. The Balaban J connectivity index is 1.83. The molecule has 3 aromatic carbocycles. The maximum atomic E-state index is 13.6. The maximum Gasteiger partial charge on any atom is 0.243 e. The number of nitrogens with zero attached hydrogens (tertiary/aromatic N) is 2. The molecule has 210 valence electrons. The lowest BCUT2D eigenvalue weighted by molar-refractivity contribution is -0.151. The van der Waals surface area contributed by atoms with Gasteiger partial charge in [0.15, 0.2) is 5.96 Å². The molecule has 1 unspecified atom stereocenters. The number of ether oxygens (including phenoxy) is 1. The smallest absolute Gasteiger partial charge is 0.243 e. The normalized spacial score (nSPS) is 11.2. The van der Waals surface area contributed by atoms with Gasteiger partial charge in [-0.15, -0.1) is 0 Å². The van der Waals surface area contributed by atoms with Gasteiger partial charge in [0, 0.05) is 13.1 Å². The number of amides is 3. The van der Waals surface area contributed by atoms with Crippen molar-refractivity contribution in [1.29, 1.82) is 0 Å². The molecule has 1 atom stereocenters. The number of imide groups is 1. The number of carbonyl (C=O) groups is 3. The summed E-state index contributed by atoms with van der Waals surface area (Å²) in [6, 6.07) is 24.9. The summed E-state index contributed by atoms with van der Waals surface area (Å²) in [6.45, 7) is 0.591. The van der Waals surface area contributed by atoms with E-state index in [0.29, 0.717) is 19.4 Å². The molecule has 0 aliphatic heterocycles. The Hall–Kier alpha value is -4.66. The van der Waals surface area contributed by atoms with E-state index >= 15 is 0 Å². The van der Waals surface area contributed by atoms with Crippen molar-refractivity contribution < 1.29 is 19.1 Å². The van der Waals surface area contributed by atoms with Crippen molar-refractivity contribution in [3.8, 4) is 5.75 Å². The van der Waals surface area contributed by atoms with Gasteiger partial charge in [-0.25, -0.2) is 0 Å². The largest absolute Gasteiger partial charge is 0.497 e. The summed E-state index contributed by atoms with van der Waals surface area (Å²) in [5, 5.41) is 2.93. The highest BCUT2D eigenvalue weighted by molar-refractivity contribution is 6.01. The van der Waals surface area contributed by atoms with Crippen molar-refractivity contribution in [1.82, 2.24) is 10.2 Å². The fraction of sp³-hybridized carbons (Fsp3) is 0.290. The second-order valence-electron chi connectivity index (χ2n) is 9.34. The van der Waals surface area contributed by atoms with Crippen LogP contribution in [-0.4, -0.2) is 54.8 Å². The van der Waals surface area contributed by atoms with Gasteiger partial charge >= 0.3 is 0 Å². The highest BCUT2D eigenvalue weighted by Gasteiger charge is 2.34. The minimum absolute atomic E-state index is 0.0111. The first-order valence-corrected chi connectivity index (χ1v) is 13.3. The van der Waals surface area contributed by atoms with E-state index in [0.717, 1.165) is 27.3 Å². The van der Waals surface area contributed by atoms with Crippen LogP contribution in [0.2, 0.25) is 0 Å². The zero-order chi connectivity index (χ0) is 28.7. The first kappa shape index (κ1) is 29.9. The lowest BCUT2D eigenvalue weighted by atomic mass is 10.0. The highest BCUT2D eigenvalue weighted by atomic mass is 16.5. The molecule has 3 amide bonds. The van der Waals surface area contributed by atoms with Crippen LogP contribution in [-0.2, 0) is 33.6 Å². The van der Waals surface area contributed by atoms with Gasteiger partial charge in [0.05, 0.1) is 20.0 Å². The minimum atomic E-state index is -1.02. The number of nitrogens with two attached hydrogens (primary N) is 2. The van der Waals surface area contributed by atoms with E-state index in [1.165, 1.54) is 0 Å². The van der Waals surface area contributed by atoms with Gasteiger partial charge < -0.3 is 21.5 Å². The number of guanidine groups is 1. The second-order valence-corrected chi connectivity index (χ2v) is 9.34. The van der Waals surface area contributed by atoms with Crippen molar-refractivity contribution in [3.63, 3.8) is 0 Å². The molecule has 3 aromatic rings. The van der Waals surface area contributed by atoms with Crippen LogP contribution in [0.3, 0.4) is 0 Å². The van der Waals surface area contributed by atoms with E-state index in [2.05, 4.69) is 10.3 Å². The molecule has 9 heteroatoms. The molecule has 5 N–H and O–H groups in total. The second kappa shape index (κ2) is 15.7. The number of hydrogen-bond acceptors (Lipinski definition) is 5. The van der Waals surface area contributed by atoms with E-state index in [4.69, 9.17) is 16.2 Å². The van der Waals surface area contributed by atoms with E-state index in [9.17, 15) is 14.4 Å². The molecule has 0 aliphatic rings. The highest BCUT2D eigenvalue weighted by Crippen LogP contribution is 2.16. The number of methoxy groups -OCH3 is 1. The Morgan fingerprint density at radius 2 is 1.43 bits per heavy atom. The van der Waals surface area contributed by atoms with E-state index < -0.39 is 23.8 Å². The van der Waals surface area contributed by atoms with Gasteiger partial charge in [-0.05, 0) is 48.1 Å². The SMILES string of the molecule is COc1cccc(CCNC(=O)C(CCCN=C(N)N)N(C(=O)Cc2ccccc2)C(=O)Cc2ccccc2)c1. The van der Waals surface area contributed by atoms with Crippen molar-refractivity contribution in [3.05, 3.63) is 102 Å². The molecule has 9 nitrogen and oxygen atoms in total. The standard InChI is InChI=1S/C31H37N5O4/c1-40-26-15-8-14-25(20-26)17-19-34-30(39)27(16-9-18-35-31(32)33)36(28(37)21-23-10-4-2-5-11-23)29(38)22-24-12-6-3-7-13-24/h2-8,10-15,20,27H,9,16-19,21-22H2,1H3,(H,34,39)(H4,32,33,35). The lowest BCUT2D eigenvalue weighted by Crippen LogP contribution is -2.53. The minimum Gasteiger partial charge on any atom is -0.497 e. The number of nitrogens with one attached hydrogen (secondary N) is 1. The molecule has 0 spiro atoms. The van der Waals surface area contributed by atoms with Crippen LogP contribution >= 0.6 is 0 Å².